The zero-order chi connectivity index (χ0) is 31.4. The number of H-pyrrole nitrogens is 1. The number of nitrogens with zero attached hydrogens (tertiary/aromatic N) is 2. The summed E-state index contributed by atoms with van der Waals surface area (Å²) in [6.07, 6.45) is 0. The Morgan fingerprint density at radius 3 is 2.23 bits per heavy atom. The van der Waals surface area contributed by atoms with Crippen LogP contribution in [0.3, 0.4) is 0 Å². The van der Waals surface area contributed by atoms with Crippen LogP contribution in [-0.2, 0) is 6.61 Å². The van der Waals surface area contributed by atoms with E-state index in [2.05, 4.69) is 26.1 Å². The number of thiophene rings is 1. The van der Waals surface area contributed by atoms with E-state index in [1.165, 1.54) is 25.7 Å². The normalized spacial score (nSPS) is 10.9. The van der Waals surface area contributed by atoms with Crippen LogP contribution in [0.25, 0.3) is 16.6 Å². The Kier molecular flexibility index (Phi) is 11.5. The number of aromatic carboxylic acids is 1. The molecular weight excluding hydrogens is 599 g/mol. The minimum Gasteiger partial charge on any atom is -0.544 e. The number of halogens is 3. The van der Waals surface area contributed by atoms with Crippen LogP contribution < -0.4 is 30.6 Å². The van der Waals surface area contributed by atoms with Crippen LogP contribution in [0.1, 0.15) is 15.2 Å². The minimum atomic E-state index is -1.65. The monoisotopic (exact) mass is 629 g/mol. The van der Waals surface area contributed by atoms with Crippen molar-refractivity contribution in [1.82, 2.24) is 9.55 Å². The lowest BCUT2D eigenvalue weighted by Gasteiger charge is -2.21. The van der Waals surface area contributed by atoms with E-state index in [-0.39, 0.29) is 45.8 Å². The summed E-state index contributed by atoms with van der Waals surface area (Å²) in [6, 6.07) is 3.81. The van der Waals surface area contributed by atoms with Crippen molar-refractivity contribution in [3.63, 3.8) is 0 Å². The molecule has 4 rings (SSSR count). The van der Waals surface area contributed by atoms with Crippen molar-refractivity contribution in [1.29, 1.82) is 0 Å². The van der Waals surface area contributed by atoms with Gasteiger partial charge < -0.3 is 44.2 Å². The number of methoxy groups -OCH3 is 2. The van der Waals surface area contributed by atoms with Crippen LogP contribution in [0.4, 0.5) is 13.2 Å². The van der Waals surface area contributed by atoms with E-state index in [1.54, 1.807) is 0 Å². The number of aliphatic hydroxyl groups is 1. The number of carboxylic acids is 1. The average molecular weight is 630 g/mol. The van der Waals surface area contributed by atoms with Gasteiger partial charge in [0.2, 0.25) is 0 Å². The highest BCUT2D eigenvalue weighted by Crippen LogP contribution is 2.33. The van der Waals surface area contributed by atoms with E-state index >= 15 is 0 Å². The highest BCUT2D eigenvalue weighted by Gasteiger charge is 2.22. The predicted octanol–water partition coefficient (Wildman–Crippen LogP) is 0.978. The number of aliphatic hydroxyl groups excluding tert-OH is 1. The molecule has 0 bridgehead atoms. The predicted molar refractivity (Wildman–Crippen MR) is 150 cm³/mol. The standard InChI is InChI=1S/C22H15F3N2O7S.C5H14NO.H2O/c1-32-14-4-3-10(23)18(25)9(14)7-34-16-6-13(11(24)5-15(16)33-2)27-20(28)17-12(26-22(27)31)8-35-19(17)21(29)30;1-6(2,3)4-5-7;/h3-6,8H,7H2,1-2H3,(H,26,31)(H,29,30);7H,4-5H2,1-3H3;1H2/q;+1;/p-1. The van der Waals surface area contributed by atoms with Gasteiger partial charge in [-0.1, -0.05) is 0 Å². The number of aromatic nitrogens is 2. The summed E-state index contributed by atoms with van der Waals surface area (Å²) in [6.45, 7) is 0.529. The smallest absolute Gasteiger partial charge is 0.333 e. The van der Waals surface area contributed by atoms with Gasteiger partial charge in [-0.2, -0.15) is 0 Å². The third kappa shape index (κ3) is 7.72. The van der Waals surface area contributed by atoms with Gasteiger partial charge in [0.15, 0.2) is 29.0 Å². The number of aromatic amines is 1. The minimum absolute atomic E-state index is 0. The Labute approximate surface area is 246 Å². The second kappa shape index (κ2) is 14.2. The van der Waals surface area contributed by atoms with E-state index in [9.17, 15) is 32.7 Å². The SMILES string of the molecule is COc1cc(F)c(-n2c(=O)[nH]c3csc(C(=O)[O-])c3c2=O)cc1OCc1c(OC)ccc(F)c1F.C[N+](C)(C)CCO.O. The molecule has 2 aromatic carbocycles. The van der Waals surface area contributed by atoms with Crippen LogP contribution >= 0.6 is 11.3 Å². The summed E-state index contributed by atoms with van der Waals surface area (Å²) in [5.74, 6) is -5.54. The molecule has 0 spiro atoms. The number of likely N-dealkylation sites (N-methyl/N-ethyl adjacent to an activating group) is 1. The highest BCUT2D eigenvalue weighted by molar-refractivity contribution is 7.13. The van der Waals surface area contributed by atoms with E-state index in [0.29, 0.717) is 15.9 Å². The first-order valence-electron chi connectivity index (χ1n) is 12.1. The lowest BCUT2D eigenvalue weighted by atomic mass is 10.2. The number of ether oxygens (including phenoxy) is 3. The third-order valence-electron chi connectivity index (χ3n) is 5.83. The van der Waals surface area contributed by atoms with Crippen LogP contribution in [0.2, 0.25) is 0 Å². The first kappa shape index (κ1) is 34.8. The molecule has 0 aliphatic rings. The number of carbonyl (C=O) groups is 1. The second-order valence-corrected chi connectivity index (χ2v) is 10.6. The third-order valence-corrected chi connectivity index (χ3v) is 6.79. The van der Waals surface area contributed by atoms with Crippen molar-refractivity contribution >= 4 is 28.2 Å². The average Bonchev–Trinajstić information content (AvgIpc) is 3.34. The van der Waals surface area contributed by atoms with E-state index in [4.69, 9.17) is 19.3 Å². The largest absolute Gasteiger partial charge is 0.544 e. The van der Waals surface area contributed by atoms with E-state index < -0.39 is 51.8 Å². The topological polar surface area (TPSA) is 174 Å². The molecule has 0 saturated heterocycles. The van der Waals surface area contributed by atoms with Crippen LogP contribution in [0, 0.1) is 17.5 Å². The molecule has 0 radical (unpaired) electrons. The van der Waals surface area contributed by atoms with Crippen LogP contribution in [0.15, 0.2) is 39.2 Å². The number of hydrogen-bond acceptors (Lipinski definition) is 9. The summed E-state index contributed by atoms with van der Waals surface area (Å²) < 4.78 is 59.8. The zero-order valence-corrected chi connectivity index (χ0v) is 24.6. The molecule has 234 valence electrons. The van der Waals surface area contributed by atoms with Gasteiger partial charge in [-0.25, -0.2) is 22.5 Å². The van der Waals surface area contributed by atoms with Crippen LogP contribution in [0.5, 0.6) is 17.2 Å². The Hall–Kier alpha value is -4.38. The fourth-order valence-corrected chi connectivity index (χ4v) is 4.55. The second-order valence-electron chi connectivity index (χ2n) is 9.73. The fraction of sp³-hybridized carbons (Fsp3) is 0.296. The van der Waals surface area contributed by atoms with E-state index in [0.717, 1.165) is 29.2 Å². The lowest BCUT2D eigenvalue weighted by Crippen LogP contribution is -2.36. The van der Waals surface area contributed by atoms with Gasteiger partial charge in [0, 0.05) is 17.5 Å². The first-order chi connectivity index (χ1) is 19.7. The van der Waals surface area contributed by atoms with Gasteiger partial charge in [0.25, 0.3) is 5.56 Å². The van der Waals surface area contributed by atoms with Crippen molar-refractivity contribution in [3.05, 3.63) is 78.4 Å². The molecule has 0 unspecified atom stereocenters. The number of benzene rings is 2. The fourth-order valence-electron chi connectivity index (χ4n) is 3.73. The maximum absolute atomic E-state index is 14.9. The van der Waals surface area contributed by atoms with Gasteiger partial charge in [-0.3, -0.25) is 4.79 Å². The van der Waals surface area contributed by atoms with Gasteiger partial charge in [0.1, 0.15) is 18.9 Å². The molecule has 0 aliphatic carbocycles. The molecule has 43 heavy (non-hydrogen) atoms. The summed E-state index contributed by atoms with van der Waals surface area (Å²) in [4.78, 5) is 38.8. The molecule has 4 N–H and O–H groups in total. The molecule has 0 aliphatic heterocycles. The van der Waals surface area contributed by atoms with Crippen molar-refractivity contribution in [2.45, 2.75) is 6.61 Å². The van der Waals surface area contributed by atoms with Crippen molar-refractivity contribution in [2.24, 2.45) is 0 Å². The number of nitrogens with one attached hydrogen (secondary N) is 1. The molecule has 16 heteroatoms. The number of rotatable bonds is 9. The number of carbonyl (C=O) groups excluding carboxylic acids is 1. The Morgan fingerprint density at radius 2 is 1.70 bits per heavy atom. The van der Waals surface area contributed by atoms with Crippen molar-refractivity contribution in [3.8, 4) is 22.9 Å². The molecule has 0 atom stereocenters. The number of carboxylic acid groups (broad SMARTS) is 1. The zero-order valence-electron chi connectivity index (χ0n) is 23.7. The number of hydrogen-bond donors (Lipinski definition) is 2. The summed E-state index contributed by atoms with van der Waals surface area (Å²) in [5.41, 5.74) is -3.11. The summed E-state index contributed by atoms with van der Waals surface area (Å²) in [7, 11) is 8.59. The molecule has 2 heterocycles. The Balaban J connectivity index is 0.000000721. The molecule has 4 aromatic rings. The maximum Gasteiger partial charge on any atom is 0.333 e. The number of fused-ring (bicyclic) bond motifs is 1. The maximum atomic E-state index is 14.9. The van der Waals surface area contributed by atoms with Gasteiger partial charge in [0.05, 0.1) is 75.0 Å². The number of quaternary nitrogens is 1. The molecule has 0 fully saturated rings. The molecule has 12 nitrogen and oxygen atoms in total. The quantitative estimate of drug-likeness (QED) is 0.258. The highest BCUT2D eigenvalue weighted by atomic mass is 32.1. The van der Waals surface area contributed by atoms with Gasteiger partial charge in [-0.15, -0.1) is 11.3 Å². The van der Waals surface area contributed by atoms with Gasteiger partial charge in [-0.05, 0) is 12.1 Å². The van der Waals surface area contributed by atoms with Crippen LogP contribution in [-0.4, -0.2) is 79.1 Å². The van der Waals surface area contributed by atoms with Crippen molar-refractivity contribution in [2.75, 3.05) is 48.5 Å². The molecule has 2 aromatic heterocycles. The first-order valence-corrected chi connectivity index (χ1v) is 13.0. The van der Waals surface area contributed by atoms with Crippen molar-refractivity contribution < 1.29 is 52.3 Å². The van der Waals surface area contributed by atoms with Gasteiger partial charge >= 0.3 is 5.69 Å². The summed E-state index contributed by atoms with van der Waals surface area (Å²) >= 11 is 0.661. The Morgan fingerprint density at radius 1 is 1.05 bits per heavy atom. The lowest BCUT2D eigenvalue weighted by molar-refractivity contribution is -0.870. The molecular formula is C27H30F3N3O9S. The summed E-state index contributed by atoms with van der Waals surface area (Å²) in [5, 5.41) is 20.6. The molecule has 0 saturated carbocycles. The molecule has 0 amide bonds. The van der Waals surface area contributed by atoms with E-state index in [1.807, 2.05) is 0 Å². The Bertz CT molecular complexity index is 1730.